The first kappa shape index (κ1) is 20.7. The normalized spacial score (nSPS) is 19.4. The molecule has 0 unspecified atom stereocenters. The lowest BCUT2D eigenvalue weighted by Gasteiger charge is -2.26. The van der Waals surface area contributed by atoms with Crippen molar-refractivity contribution in [3.63, 3.8) is 0 Å². The van der Waals surface area contributed by atoms with E-state index in [4.69, 9.17) is 4.74 Å². The van der Waals surface area contributed by atoms with Crippen molar-refractivity contribution in [3.05, 3.63) is 29.6 Å². The van der Waals surface area contributed by atoms with Crippen LogP contribution < -0.4 is 0 Å². The second-order valence-corrected chi connectivity index (χ2v) is 9.10. The Labute approximate surface area is 164 Å². The number of piperidine rings is 1. The molecule has 7 nitrogen and oxygen atoms in total. The van der Waals surface area contributed by atoms with Crippen LogP contribution in [0.2, 0.25) is 0 Å². The summed E-state index contributed by atoms with van der Waals surface area (Å²) in [6, 6.07) is 3.11. The summed E-state index contributed by atoms with van der Waals surface area (Å²) in [6.07, 6.45) is 3.23. The molecule has 0 spiro atoms. The van der Waals surface area contributed by atoms with E-state index in [0.717, 1.165) is 44.2 Å². The van der Waals surface area contributed by atoms with E-state index in [-0.39, 0.29) is 11.5 Å². The van der Waals surface area contributed by atoms with Crippen molar-refractivity contribution in [2.45, 2.75) is 50.0 Å². The molecule has 0 radical (unpaired) electrons. The lowest BCUT2D eigenvalue weighted by Crippen LogP contribution is -2.38. The topological polar surface area (TPSA) is 84.0 Å². The first-order chi connectivity index (χ1) is 13.3. The van der Waals surface area contributed by atoms with Crippen LogP contribution in [-0.2, 0) is 19.6 Å². The smallest absolute Gasteiger partial charge is 0.338 e. The number of hydrogen-bond acceptors (Lipinski definition) is 5. The fourth-order valence-electron chi connectivity index (χ4n) is 3.55. The molecule has 0 N–H and O–H groups in total. The van der Waals surface area contributed by atoms with Crippen molar-refractivity contribution in [1.29, 1.82) is 0 Å². The van der Waals surface area contributed by atoms with E-state index >= 15 is 0 Å². The number of amides is 1. The van der Waals surface area contributed by atoms with Gasteiger partial charge in [-0.15, -0.1) is 0 Å². The molecule has 0 aromatic heterocycles. The minimum Gasteiger partial charge on any atom is -0.449 e. The number of ether oxygens (including phenoxy) is 1. The monoisotopic (exact) mass is 412 g/mol. The zero-order valence-corrected chi connectivity index (χ0v) is 16.7. The summed E-state index contributed by atoms with van der Waals surface area (Å²) in [6.45, 7) is 3.41. The molecule has 0 bridgehead atoms. The van der Waals surface area contributed by atoms with Gasteiger partial charge in [0.25, 0.3) is 5.91 Å². The van der Waals surface area contributed by atoms with Crippen molar-refractivity contribution < 1.29 is 27.1 Å². The van der Waals surface area contributed by atoms with Gasteiger partial charge < -0.3 is 9.64 Å². The van der Waals surface area contributed by atoms with E-state index in [0.29, 0.717) is 26.2 Å². The Morgan fingerprint density at radius 1 is 1.04 bits per heavy atom. The van der Waals surface area contributed by atoms with E-state index in [1.165, 1.54) is 17.3 Å². The summed E-state index contributed by atoms with van der Waals surface area (Å²) in [7, 11) is -4.03. The zero-order valence-electron chi connectivity index (χ0n) is 15.9. The van der Waals surface area contributed by atoms with E-state index in [9.17, 15) is 22.4 Å². The molecule has 1 amide bonds. The van der Waals surface area contributed by atoms with Gasteiger partial charge >= 0.3 is 5.97 Å². The predicted octanol–water partition coefficient (Wildman–Crippen LogP) is 2.17. The SMILES string of the molecule is C[C@H](OC(=O)c1ccc(F)c(S(=O)(=O)N2CCCCC2)c1)C(=O)N1CCCC1. The number of rotatable bonds is 5. The van der Waals surface area contributed by atoms with Crippen LogP contribution in [0.3, 0.4) is 0 Å². The summed E-state index contributed by atoms with van der Waals surface area (Å²) in [5.74, 6) is -2.05. The van der Waals surface area contributed by atoms with Crippen molar-refractivity contribution in [2.75, 3.05) is 26.2 Å². The first-order valence-corrected chi connectivity index (χ1v) is 11.0. The van der Waals surface area contributed by atoms with Crippen LogP contribution >= 0.6 is 0 Å². The number of carbonyl (C=O) groups is 2. The maximum absolute atomic E-state index is 14.3. The van der Waals surface area contributed by atoms with Gasteiger partial charge in [-0.05, 0) is 50.8 Å². The molecule has 1 aromatic carbocycles. The third-order valence-corrected chi connectivity index (χ3v) is 7.06. The average Bonchev–Trinajstić information content (AvgIpc) is 3.23. The number of esters is 1. The van der Waals surface area contributed by atoms with Crippen molar-refractivity contribution in [3.8, 4) is 0 Å². The Morgan fingerprint density at radius 2 is 1.64 bits per heavy atom. The fraction of sp³-hybridized carbons (Fsp3) is 0.579. The Kier molecular flexibility index (Phi) is 6.34. The summed E-state index contributed by atoms with van der Waals surface area (Å²) >= 11 is 0. The summed E-state index contributed by atoms with van der Waals surface area (Å²) < 4.78 is 46.2. The number of carbonyl (C=O) groups excluding carboxylic acids is 2. The molecule has 2 heterocycles. The number of sulfonamides is 1. The number of halogens is 1. The lowest BCUT2D eigenvalue weighted by molar-refractivity contribution is -0.138. The van der Waals surface area contributed by atoms with Crippen molar-refractivity contribution in [1.82, 2.24) is 9.21 Å². The molecular weight excluding hydrogens is 387 g/mol. The molecule has 9 heteroatoms. The van der Waals surface area contributed by atoms with E-state index in [2.05, 4.69) is 0 Å². The van der Waals surface area contributed by atoms with Crippen LogP contribution in [-0.4, -0.2) is 61.8 Å². The molecular formula is C19H25FN2O5S. The third kappa shape index (κ3) is 4.35. The van der Waals surface area contributed by atoms with Crippen LogP contribution in [0.4, 0.5) is 4.39 Å². The molecule has 2 fully saturated rings. The molecule has 2 saturated heterocycles. The molecule has 2 aliphatic rings. The second kappa shape index (κ2) is 8.57. The van der Waals surface area contributed by atoms with Gasteiger partial charge in [0.15, 0.2) is 6.10 Å². The standard InChI is InChI=1S/C19H25FN2O5S/c1-14(18(23)21-9-5-6-10-21)27-19(24)15-7-8-16(20)17(13-15)28(25,26)22-11-3-2-4-12-22/h7-8,13-14H,2-6,9-12H2,1H3/t14-/m0/s1. The summed E-state index contributed by atoms with van der Waals surface area (Å²) in [5, 5.41) is 0. The van der Waals surface area contributed by atoms with Gasteiger partial charge in [-0.3, -0.25) is 4.79 Å². The van der Waals surface area contributed by atoms with Gasteiger partial charge in [0.2, 0.25) is 10.0 Å². The van der Waals surface area contributed by atoms with Gasteiger partial charge in [-0.25, -0.2) is 17.6 Å². The quantitative estimate of drug-likeness (QED) is 0.692. The number of nitrogens with zero attached hydrogens (tertiary/aromatic N) is 2. The highest BCUT2D eigenvalue weighted by atomic mass is 32.2. The Bertz CT molecular complexity index is 846. The molecule has 1 atom stereocenters. The maximum Gasteiger partial charge on any atom is 0.338 e. The minimum atomic E-state index is -4.03. The highest BCUT2D eigenvalue weighted by Crippen LogP contribution is 2.24. The fourth-order valence-corrected chi connectivity index (χ4v) is 5.15. The minimum absolute atomic E-state index is 0.0990. The molecule has 154 valence electrons. The first-order valence-electron chi connectivity index (χ1n) is 9.60. The largest absolute Gasteiger partial charge is 0.449 e. The predicted molar refractivity (Wildman–Crippen MR) is 99.7 cm³/mol. The van der Waals surface area contributed by atoms with E-state index < -0.39 is 32.8 Å². The van der Waals surface area contributed by atoms with Gasteiger partial charge in [0.1, 0.15) is 10.7 Å². The molecule has 0 aliphatic carbocycles. The van der Waals surface area contributed by atoms with Gasteiger partial charge in [0.05, 0.1) is 5.56 Å². The molecule has 1 aromatic rings. The van der Waals surface area contributed by atoms with Crippen LogP contribution in [0.25, 0.3) is 0 Å². The molecule has 2 aliphatic heterocycles. The second-order valence-electron chi connectivity index (χ2n) is 7.19. The highest BCUT2D eigenvalue weighted by Gasteiger charge is 2.31. The van der Waals surface area contributed by atoms with Crippen LogP contribution in [0.15, 0.2) is 23.1 Å². The Hall–Kier alpha value is -2.00. The molecule has 28 heavy (non-hydrogen) atoms. The summed E-state index contributed by atoms with van der Waals surface area (Å²) in [5.41, 5.74) is -0.0990. The van der Waals surface area contributed by atoms with Crippen LogP contribution in [0, 0.1) is 5.82 Å². The number of hydrogen-bond donors (Lipinski definition) is 0. The molecule has 0 saturated carbocycles. The van der Waals surface area contributed by atoms with Gasteiger partial charge in [0, 0.05) is 26.2 Å². The highest BCUT2D eigenvalue weighted by molar-refractivity contribution is 7.89. The molecule has 3 rings (SSSR count). The van der Waals surface area contributed by atoms with E-state index in [1.54, 1.807) is 4.90 Å². The van der Waals surface area contributed by atoms with Crippen molar-refractivity contribution >= 4 is 21.9 Å². The van der Waals surface area contributed by atoms with Crippen LogP contribution in [0.5, 0.6) is 0 Å². The van der Waals surface area contributed by atoms with Crippen LogP contribution in [0.1, 0.15) is 49.4 Å². The van der Waals surface area contributed by atoms with Gasteiger partial charge in [-0.2, -0.15) is 4.31 Å². The lowest BCUT2D eigenvalue weighted by atomic mass is 10.2. The van der Waals surface area contributed by atoms with E-state index in [1.807, 2.05) is 0 Å². The number of benzene rings is 1. The number of likely N-dealkylation sites (tertiary alicyclic amines) is 1. The summed E-state index contributed by atoms with van der Waals surface area (Å²) in [4.78, 5) is 25.8. The maximum atomic E-state index is 14.3. The Balaban J connectivity index is 1.76. The average molecular weight is 412 g/mol. The third-order valence-electron chi connectivity index (χ3n) is 5.15. The Morgan fingerprint density at radius 3 is 2.29 bits per heavy atom. The van der Waals surface area contributed by atoms with Gasteiger partial charge in [-0.1, -0.05) is 6.42 Å². The van der Waals surface area contributed by atoms with Crippen molar-refractivity contribution in [2.24, 2.45) is 0 Å². The zero-order chi connectivity index (χ0) is 20.3.